The highest BCUT2D eigenvalue weighted by Gasteiger charge is 2.17. The second-order valence-electron chi connectivity index (χ2n) is 5.75. The molecule has 0 fully saturated rings. The normalized spacial score (nSPS) is 10.8. The summed E-state index contributed by atoms with van der Waals surface area (Å²) in [4.78, 5) is 8.80. The molecule has 3 aromatic rings. The van der Waals surface area contributed by atoms with Crippen molar-refractivity contribution in [3.63, 3.8) is 0 Å². The number of benzene rings is 2. The van der Waals surface area contributed by atoms with Gasteiger partial charge in [0.1, 0.15) is 44.8 Å². The van der Waals surface area contributed by atoms with Gasteiger partial charge in [-0.05, 0) is 59.7 Å². The Hall–Kier alpha value is -3.94. The molecule has 142 valence electrons. The molecule has 0 radical (unpaired) electrons. The molecule has 7 heteroatoms. The van der Waals surface area contributed by atoms with Crippen LogP contribution in [-0.2, 0) is 0 Å². The van der Waals surface area contributed by atoms with Crippen molar-refractivity contribution >= 4 is 33.8 Å². The summed E-state index contributed by atoms with van der Waals surface area (Å²) >= 11 is 1.20. The fourth-order valence-electron chi connectivity index (χ4n) is 2.44. The van der Waals surface area contributed by atoms with Crippen LogP contribution in [0.1, 0.15) is 22.3 Å². The predicted molar refractivity (Wildman–Crippen MR) is 114 cm³/mol. The zero-order valence-electron chi connectivity index (χ0n) is 15.8. The molecule has 3 rings (SSSR count). The highest BCUT2D eigenvalue weighted by molar-refractivity contribution is 7.20. The third-order valence-electron chi connectivity index (χ3n) is 3.99. The number of rotatable bonds is 6. The van der Waals surface area contributed by atoms with E-state index < -0.39 is 0 Å². The van der Waals surface area contributed by atoms with Crippen molar-refractivity contribution in [2.24, 2.45) is 9.98 Å². The zero-order chi connectivity index (χ0) is 20.6. The standard InChI is InChI=1S/C22H16N4O2S/c1-27-17-7-3-15(4-8-17)13-25-21-19(11-23)20(12-24)22(29-21)26-14-16-5-9-18(28-2)10-6-16/h3-10,13-14H,1-2H3. The quantitative estimate of drug-likeness (QED) is 0.544. The second kappa shape index (κ2) is 9.32. The molecule has 29 heavy (non-hydrogen) atoms. The fourth-order valence-corrected chi connectivity index (χ4v) is 3.34. The molecular formula is C22H16N4O2S. The van der Waals surface area contributed by atoms with Gasteiger partial charge < -0.3 is 9.47 Å². The molecule has 1 aromatic heterocycles. The number of methoxy groups -OCH3 is 2. The minimum absolute atomic E-state index is 0.226. The Morgan fingerprint density at radius 1 is 0.724 bits per heavy atom. The fraction of sp³-hybridized carbons (Fsp3) is 0.0909. The maximum absolute atomic E-state index is 9.50. The van der Waals surface area contributed by atoms with Crippen LogP contribution in [0.25, 0.3) is 0 Å². The van der Waals surface area contributed by atoms with Crippen molar-refractivity contribution in [2.75, 3.05) is 14.2 Å². The van der Waals surface area contributed by atoms with Crippen molar-refractivity contribution in [3.8, 4) is 23.6 Å². The number of aliphatic imine (C=N–C) groups is 2. The number of hydrogen-bond acceptors (Lipinski definition) is 7. The lowest BCUT2D eigenvalue weighted by atomic mass is 10.2. The van der Waals surface area contributed by atoms with Crippen LogP contribution in [0.3, 0.4) is 0 Å². The van der Waals surface area contributed by atoms with Gasteiger partial charge in [0.05, 0.1) is 14.2 Å². The largest absolute Gasteiger partial charge is 0.497 e. The molecule has 0 aliphatic rings. The van der Waals surface area contributed by atoms with Gasteiger partial charge in [0.15, 0.2) is 0 Å². The Morgan fingerprint density at radius 2 is 1.10 bits per heavy atom. The molecule has 6 nitrogen and oxygen atoms in total. The van der Waals surface area contributed by atoms with E-state index in [-0.39, 0.29) is 11.1 Å². The predicted octanol–water partition coefficient (Wildman–Crippen LogP) is 5.01. The molecule has 0 amide bonds. The highest BCUT2D eigenvalue weighted by atomic mass is 32.1. The zero-order valence-corrected chi connectivity index (χ0v) is 16.6. The van der Waals surface area contributed by atoms with E-state index in [4.69, 9.17) is 9.47 Å². The van der Waals surface area contributed by atoms with E-state index in [1.54, 1.807) is 26.6 Å². The van der Waals surface area contributed by atoms with Gasteiger partial charge >= 0.3 is 0 Å². The van der Waals surface area contributed by atoms with E-state index in [0.717, 1.165) is 22.6 Å². The van der Waals surface area contributed by atoms with Crippen LogP contribution < -0.4 is 9.47 Å². The van der Waals surface area contributed by atoms with Crippen LogP contribution in [0, 0.1) is 22.7 Å². The summed E-state index contributed by atoms with van der Waals surface area (Å²) in [5, 5.41) is 19.9. The Labute approximate surface area is 172 Å². The lowest BCUT2D eigenvalue weighted by molar-refractivity contribution is 0.414. The van der Waals surface area contributed by atoms with Crippen molar-refractivity contribution in [1.82, 2.24) is 0 Å². The van der Waals surface area contributed by atoms with Crippen LogP contribution in [0.15, 0.2) is 58.5 Å². The molecule has 0 N–H and O–H groups in total. The number of hydrogen-bond donors (Lipinski definition) is 0. The maximum atomic E-state index is 9.50. The Morgan fingerprint density at radius 3 is 1.41 bits per heavy atom. The Kier molecular flexibility index (Phi) is 6.36. The molecule has 0 atom stereocenters. The van der Waals surface area contributed by atoms with E-state index in [1.807, 2.05) is 48.5 Å². The van der Waals surface area contributed by atoms with Crippen LogP contribution in [0.5, 0.6) is 11.5 Å². The van der Waals surface area contributed by atoms with Crippen LogP contribution in [-0.4, -0.2) is 26.6 Å². The topological polar surface area (TPSA) is 90.8 Å². The third kappa shape index (κ3) is 4.67. The molecule has 0 saturated heterocycles. The van der Waals surface area contributed by atoms with Gasteiger partial charge in [-0.1, -0.05) is 11.3 Å². The molecular weight excluding hydrogens is 384 g/mol. The molecule has 0 aliphatic carbocycles. The average molecular weight is 400 g/mol. The highest BCUT2D eigenvalue weighted by Crippen LogP contribution is 2.40. The minimum atomic E-state index is 0.226. The summed E-state index contributed by atoms with van der Waals surface area (Å²) < 4.78 is 10.3. The summed E-state index contributed by atoms with van der Waals surface area (Å²) in [6.07, 6.45) is 3.29. The molecule has 0 unspecified atom stereocenters. The van der Waals surface area contributed by atoms with E-state index in [1.165, 1.54) is 11.3 Å². The Bertz CT molecular complexity index is 1040. The van der Waals surface area contributed by atoms with Gasteiger partial charge in [0.2, 0.25) is 0 Å². The molecule has 2 aromatic carbocycles. The van der Waals surface area contributed by atoms with Crippen LogP contribution >= 0.6 is 11.3 Å². The van der Waals surface area contributed by atoms with Crippen LogP contribution in [0.2, 0.25) is 0 Å². The molecule has 0 bridgehead atoms. The van der Waals surface area contributed by atoms with Crippen molar-refractivity contribution in [1.29, 1.82) is 10.5 Å². The van der Waals surface area contributed by atoms with Gasteiger partial charge in [0, 0.05) is 12.4 Å². The van der Waals surface area contributed by atoms with E-state index in [2.05, 4.69) is 22.1 Å². The van der Waals surface area contributed by atoms with Gasteiger partial charge in [-0.15, -0.1) is 0 Å². The Balaban J connectivity index is 1.89. The lowest BCUT2D eigenvalue weighted by Gasteiger charge is -1.98. The SMILES string of the molecule is COc1ccc(C=Nc2sc(N=Cc3ccc(OC)cc3)c(C#N)c2C#N)cc1. The van der Waals surface area contributed by atoms with Crippen LogP contribution in [0.4, 0.5) is 10.0 Å². The smallest absolute Gasteiger partial charge is 0.137 e. The maximum Gasteiger partial charge on any atom is 0.137 e. The monoisotopic (exact) mass is 400 g/mol. The number of thiophene rings is 1. The van der Waals surface area contributed by atoms with Gasteiger partial charge in [0.25, 0.3) is 0 Å². The summed E-state index contributed by atoms with van der Waals surface area (Å²) in [7, 11) is 3.21. The third-order valence-corrected chi connectivity index (χ3v) is 4.99. The first-order valence-corrected chi connectivity index (χ1v) is 9.33. The van der Waals surface area contributed by atoms with E-state index in [0.29, 0.717) is 10.0 Å². The lowest BCUT2D eigenvalue weighted by Crippen LogP contribution is -1.84. The first kappa shape index (κ1) is 19.8. The van der Waals surface area contributed by atoms with Crippen molar-refractivity contribution < 1.29 is 9.47 Å². The first-order valence-electron chi connectivity index (χ1n) is 8.51. The molecule has 1 heterocycles. The van der Waals surface area contributed by atoms with E-state index in [9.17, 15) is 10.5 Å². The summed E-state index contributed by atoms with van der Waals surface area (Å²) in [5.41, 5.74) is 2.16. The number of nitriles is 2. The van der Waals surface area contributed by atoms with Gasteiger partial charge in [-0.3, -0.25) is 0 Å². The minimum Gasteiger partial charge on any atom is -0.497 e. The first-order chi connectivity index (χ1) is 14.2. The molecule has 0 spiro atoms. The summed E-state index contributed by atoms with van der Waals surface area (Å²) in [5.74, 6) is 1.50. The van der Waals surface area contributed by atoms with Crippen molar-refractivity contribution in [3.05, 3.63) is 70.8 Å². The van der Waals surface area contributed by atoms with Crippen molar-refractivity contribution in [2.45, 2.75) is 0 Å². The van der Waals surface area contributed by atoms with Gasteiger partial charge in [-0.2, -0.15) is 10.5 Å². The molecule has 0 aliphatic heterocycles. The summed E-state index contributed by atoms with van der Waals surface area (Å²) in [6, 6.07) is 18.9. The van der Waals surface area contributed by atoms with Gasteiger partial charge in [-0.25, -0.2) is 9.98 Å². The average Bonchev–Trinajstić information content (AvgIpc) is 3.13. The number of nitrogens with zero attached hydrogens (tertiary/aromatic N) is 4. The number of ether oxygens (including phenoxy) is 2. The van der Waals surface area contributed by atoms with E-state index >= 15 is 0 Å². The second-order valence-corrected chi connectivity index (χ2v) is 6.73. The molecule has 0 saturated carbocycles. The summed E-state index contributed by atoms with van der Waals surface area (Å²) in [6.45, 7) is 0.